The Morgan fingerprint density at radius 3 is 2.62 bits per heavy atom. The van der Waals surface area contributed by atoms with Crippen LogP contribution in [0.3, 0.4) is 0 Å². The monoisotopic (exact) mass is 466 g/mol. The number of hydrogen-bond acceptors (Lipinski definition) is 7. The van der Waals surface area contributed by atoms with E-state index in [2.05, 4.69) is 11.2 Å². The molecule has 0 atom stereocenters. The number of benzene rings is 3. The summed E-state index contributed by atoms with van der Waals surface area (Å²) >= 11 is 1.37. The average molecular weight is 467 g/mol. The molecule has 2 aromatic heterocycles. The maximum Gasteiger partial charge on any atom is 0.266 e. The maximum absolute atomic E-state index is 13.4. The first-order valence-electron chi connectivity index (χ1n) is 10.4. The third-order valence-electron chi connectivity index (χ3n) is 5.28. The van der Waals surface area contributed by atoms with Crippen LogP contribution in [0, 0.1) is 11.3 Å². The van der Waals surface area contributed by atoms with Crippen molar-refractivity contribution in [1.82, 2.24) is 14.7 Å². The van der Waals surface area contributed by atoms with Crippen molar-refractivity contribution >= 4 is 22.7 Å². The van der Waals surface area contributed by atoms with Crippen LogP contribution >= 0.6 is 11.8 Å². The van der Waals surface area contributed by atoms with Gasteiger partial charge in [-0.3, -0.25) is 9.36 Å². The van der Waals surface area contributed by atoms with Gasteiger partial charge in [0.15, 0.2) is 5.16 Å². The Kier molecular flexibility index (Phi) is 5.85. The van der Waals surface area contributed by atoms with Crippen molar-refractivity contribution in [3.05, 3.63) is 101 Å². The van der Waals surface area contributed by atoms with E-state index in [4.69, 9.17) is 19.5 Å². The molecule has 0 radical (unpaired) electrons. The van der Waals surface area contributed by atoms with Gasteiger partial charge in [-0.1, -0.05) is 41.2 Å². The normalized spacial score (nSPS) is 10.8. The maximum atomic E-state index is 13.4. The molecule has 0 saturated carbocycles. The van der Waals surface area contributed by atoms with Crippen molar-refractivity contribution < 1.29 is 9.26 Å². The number of hydrogen-bond donors (Lipinski definition) is 0. The van der Waals surface area contributed by atoms with Crippen LogP contribution in [0.15, 0.2) is 93.3 Å². The number of nitrogens with zero attached hydrogens (tertiary/aromatic N) is 4. The zero-order chi connectivity index (χ0) is 23.5. The summed E-state index contributed by atoms with van der Waals surface area (Å²) in [6, 6.07) is 25.6. The van der Waals surface area contributed by atoms with E-state index >= 15 is 0 Å². The van der Waals surface area contributed by atoms with Gasteiger partial charge in [0.05, 0.1) is 41.1 Å². The van der Waals surface area contributed by atoms with E-state index in [-0.39, 0.29) is 5.56 Å². The Hall–Kier alpha value is -4.35. The summed E-state index contributed by atoms with van der Waals surface area (Å²) < 4.78 is 12.5. The summed E-state index contributed by atoms with van der Waals surface area (Å²) in [5.74, 6) is 1.77. The van der Waals surface area contributed by atoms with Crippen LogP contribution in [0.5, 0.6) is 5.75 Å². The highest BCUT2D eigenvalue weighted by Crippen LogP contribution is 2.31. The minimum Gasteiger partial charge on any atom is -0.496 e. The van der Waals surface area contributed by atoms with Crippen LogP contribution < -0.4 is 10.3 Å². The van der Waals surface area contributed by atoms with E-state index in [1.165, 1.54) is 11.8 Å². The van der Waals surface area contributed by atoms with Gasteiger partial charge in [-0.25, -0.2) is 4.98 Å². The van der Waals surface area contributed by atoms with Gasteiger partial charge in [0.25, 0.3) is 5.56 Å². The number of fused-ring (bicyclic) bond motifs is 1. The van der Waals surface area contributed by atoms with Gasteiger partial charge in [-0.2, -0.15) is 5.26 Å². The number of ether oxygens (including phenoxy) is 1. The third kappa shape index (κ3) is 4.05. The molecule has 0 saturated heterocycles. The molecular formula is C26H18N4O3S. The Balaban J connectivity index is 1.51. The molecule has 0 unspecified atom stereocenters. The molecular weight excluding hydrogens is 448 g/mol. The quantitative estimate of drug-likeness (QED) is 0.250. The van der Waals surface area contributed by atoms with Crippen molar-refractivity contribution in [2.45, 2.75) is 10.9 Å². The number of para-hydroxylation sites is 2. The van der Waals surface area contributed by atoms with Gasteiger partial charge in [0.2, 0.25) is 0 Å². The molecule has 0 bridgehead atoms. The first-order valence-corrected chi connectivity index (χ1v) is 11.4. The number of nitriles is 1. The number of rotatable bonds is 6. The predicted molar refractivity (Wildman–Crippen MR) is 130 cm³/mol. The smallest absolute Gasteiger partial charge is 0.266 e. The van der Waals surface area contributed by atoms with Crippen molar-refractivity contribution in [2.75, 3.05) is 7.11 Å². The zero-order valence-corrected chi connectivity index (χ0v) is 19.0. The number of thioether (sulfide) groups is 1. The van der Waals surface area contributed by atoms with Gasteiger partial charge in [-0.15, -0.1) is 0 Å². The lowest BCUT2D eigenvalue weighted by atomic mass is 10.1. The Labute approximate surface area is 199 Å². The fourth-order valence-corrected chi connectivity index (χ4v) is 4.51. The van der Waals surface area contributed by atoms with Crippen molar-refractivity contribution in [3.63, 3.8) is 0 Å². The van der Waals surface area contributed by atoms with E-state index in [1.807, 2.05) is 48.5 Å². The highest BCUT2D eigenvalue weighted by molar-refractivity contribution is 7.98. The summed E-state index contributed by atoms with van der Waals surface area (Å²) in [7, 11) is 1.61. The highest BCUT2D eigenvalue weighted by Gasteiger charge is 2.16. The second-order valence-electron chi connectivity index (χ2n) is 7.38. The summed E-state index contributed by atoms with van der Waals surface area (Å²) in [6.07, 6.45) is 0. The molecule has 5 aromatic rings. The second-order valence-corrected chi connectivity index (χ2v) is 8.32. The van der Waals surface area contributed by atoms with E-state index in [0.29, 0.717) is 50.3 Å². The van der Waals surface area contributed by atoms with Crippen molar-refractivity contribution in [2.24, 2.45) is 0 Å². The molecule has 0 N–H and O–H groups in total. The number of aromatic nitrogens is 3. The molecule has 2 heterocycles. The molecule has 0 aliphatic rings. The summed E-state index contributed by atoms with van der Waals surface area (Å²) in [4.78, 5) is 18.1. The molecule has 0 aliphatic heterocycles. The minimum atomic E-state index is -0.176. The van der Waals surface area contributed by atoms with Crippen LogP contribution in [0.4, 0.5) is 0 Å². The molecule has 5 rings (SSSR count). The first-order chi connectivity index (χ1) is 16.7. The lowest BCUT2D eigenvalue weighted by Gasteiger charge is -2.12. The Bertz CT molecular complexity index is 1580. The number of methoxy groups -OCH3 is 1. The van der Waals surface area contributed by atoms with Crippen LogP contribution in [0.25, 0.3) is 27.8 Å². The lowest BCUT2D eigenvalue weighted by molar-refractivity contribution is 0.395. The molecule has 166 valence electrons. The van der Waals surface area contributed by atoms with Crippen LogP contribution in [0.1, 0.15) is 11.3 Å². The van der Waals surface area contributed by atoms with Crippen molar-refractivity contribution in [1.29, 1.82) is 5.26 Å². The Morgan fingerprint density at radius 1 is 1.06 bits per heavy atom. The minimum absolute atomic E-state index is 0.176. The molecule has 0 aliphatic carbocycles. The van der Waals surface area contributed by atoms with E-state index in [9.17, 15) is 4.79 Å². The SMILES string of the molecule is COc1ccccc1-c1cc(CSc2nc3ccccc3c(=O)n2-c2ccc(C#N)cc2)on1. The van der Waals surface area contributed by atoms with Gasteiger partial charge in [0.1, 0.15) is 17.2 Å². The van der Waals surface area contributed by atoms with Crippen LogP contribution in [-0.2, 0) is 5.75 Å². The van der Waals surface area contributed by atoms with Gasteiger partial charge in [-0.05, 0) is 48.5 Å². The molecule has 0 spiro atoms. The average Bonchev–Trinajstić information content (AvgIpc) is 3.36. The highest BCUT2D eigenvalue weighted by atomic mass is 32.2. The van der Waals surface area contributed by atoms with E-state index in [1.54, 1.807) is 42.0 Å². The summed E-state index contributed by atoms with van der Waals surface area (Å²) in [5.41, 5.74) is 3.10. The third-order valence-corrected chi connectivity index (χ3v) is 6.25. The topological polar surface area (TPSA) is 93.9 Å². The van der Waals surface area contributed by atoms with Gasteiger partial charge >= 0.3 is 0 Å². The second kappa shape index (κ2) is 9.25. The standard InChI is InChI=1S/C26H18N4O3S/c1-32-24-9-5-3-6-20(24)23-14-19(33-29-23)16-34-26-28-22-8-4-2-7-21(22)25(31)30(26)18-12-10-17(15-27)11-13-18/h2-14H,16H2,1H3. The summed E-state index contributed by atoms with van der Waals surface area (Å²) in [5, 5.41) is 14.3. The summed E-state index contributed by atoms with van der Waals surface area (Å²) in [6.45, 7) is 0. The predicted octanol–water partition coefficient (Wildman–Crippen LogP) is 5.21. The lowest BCUT2D eigenvalue weighted by Crippen LogP contribution is -2.21. The van der Waals surface area contributed by atoms with Crippen LogP contribution in [-0.4, -0.2) is 21.8 Å². The first kappa shape index (κ1) is 21.5. The fourth-order valence-electron chi connectivity index (χ4n) is 3.62. The van der Waals surface area contributed by atoms with Crippen molar-refractivity contribution in [3.8, 4) is 28.8 Å². The zero-order valence-electron chi connectivity index (χ0n) is 18.1. The Morgan fingerprint density at radius 2 is 1.82 bits per heavy atom. The molecule has 0 fully saturated rings. The fraction of sp³-hybridized carbons (Fsp3) is 0.0769. The molecule has 3 aromatic carbocycles. The van der Waals surface area contributed by atoms with E-state index < -0.39 is 0 Å². The molecule has 0 amide bonds. The molecule has 7 nitrogen and oxygen atoms in total. The van der Waals surface area contributed by atoms with E-state index in [0.717, 1.165) is 5.56 Å². The molecule has 8 heteroatoms. The van der Waals surface area contributed by atoms with Crippen LogP contribution in [0.2, 0.25) is 0 Å². The van der Waals surface area contributed by atoms with Gasteiger partial charge < -0.3 is 9.26 Å². The largest absolute Gasteiger partial charge is 0.496 e. The molecule has 34 heavy (non-hydrogen) atoms. The van der Waals surface area contributed by atoms with Gasteiger partial charge in [0, 0.05) is 11.6 Å².